The Bertz CT molecular complexity index is 578. The summed E-state index contributed by atoms with van der Waals surface area (Å²) in [5.41, 5.74) is 2.59. The zero-order valence-corrected chi connectivity index (χ0v) is 11.7. The minimum atomic E-state index is -0.00197. The van der Waals surface area contributed by atoms with Crippen molar-refractivity contribution in [2.45, 2.75) is 6.42 Å². The summed E-state index contributed by atoms with van der Waals surface area (Å²) in [4.78, 5) is 11.7. The average molecular weight is 273 g/mol. The molecule has 6 nitrogen and oxygen atoms in total. The van der Waals surface area contributed by atoms with Gasteiger partial charge in [-0.05, 0) is 25.2 Å². The highest BCUT2D eigenvalue weighted by Gasteiger charge is 2.03. The van der Waals surface area contributed by atoms with E-state index in [2.05, 4.69) is 21.0 Å². The fraction of sp³-hybridized carbons (Fsp3) is 0.286. The number of aryl methyl sites for hydroxylation is 1. The smallest absolute Gasteiger partial charge is 0.225 e. The fourth-order valence-corrected chi connectivity index (χ4v) is 1.79. The molecule has 1 amide bonds. The molecule has 1 aromatic carbocycles. The van der Waals surface area contributed by atoms with E-state index in [1.165, 1.54) is 0 Å². The van der Waals surface area contributed by atoms with Crippen LogP contribution in [0.3, 0.4) is 0 Å². The molecule has 1 heterocycles. The summed E-state index contributed by atoms with van der Waals surface area (Å²) in [5, 5.41) is 13.1. The Balaban J connectivity index is 1.98. The molecule has 0 aliphatic rings. The third kappa shape index (κ3) is 4.10. The van der Waals surface area contributed by atoms with E-state index in [9.17, 15) is 4.79 Å². The maximum Gasteiger partial charge on any atom is 0.225 e. The van der Waals surface area contributed by atoms with E-state index < -0.39 is 0 Å². The number of carbonyl (C=O) groups excluding carboxylic acids is 1. The lowest BCUT2D eigenvalue weighted by molar-refractivity contribution is -0.116. The van der Waals surface area contributed by atoms with Gasteiger partial charge < -0.3 is 16.0 Å². The van der Waals surface area contributed by atoms with Crippen molar-refractivity contribution in [3.05, 3.63) is 36.7 Å². The monoisotopic (exact) mass is 273 g/mol. The molecule has 0 atom stereocenters. The van der Waals surface area contributed by atoms with Crippen molar-refractivity contribution in [2.75, 3.05) is 24.2 Å². The molecule has 0 aliphatic carbocycles. The average Bonchev–Trinajstić information content (AvgIpc) is 2.82. The highest BCUT2D eigenvalue weighted by atomic mass is 16.1. The third-order valence-electron chi connectivity index (χ3n) is 2.74. The topological polar surface area (TPSA) is 71.0 Å². The van der Waals surface area contributed by atoms with Gasteiger partial charge in [0.2, 0.25) is 5.91 Å². The van der Waals surface area contributed by atoms with E-state index >= 15 is 0 Å². The lowest BCUT2D eigenvalue weighted by Gasteiger charge is -2.08. The molecule has 0 saturated carbocycles. The first kappa shape index (κ1) is 14.1. The van der Waals surface area contributed by atoms with Gasteiger partial charge in [0.15, 0.2) is 0 Å². The summed E-state index contributed by atoms with van der Waals surface area (Å²) in [7, 11) is 3.69. The van der Waals surface area contributed by atoms with Gasteiger partial charge in [0.25, 0.3) is 0 Å². The molecule has 0 spiro atoms. The second kappa shape index (κ2) is 6.72. The first-order chi connectivity index (χ1) is 9.67. The van der Waals surface area contributed by atoms with Gasteiger partial charge in [-0.15, -0.1) is 0 Å². The summed E-state index contributed by atoms with van der Waals surface area (Å²) in [6.45, 7) is 0.666. The van der Waals surface area contributed by atoms with Crippen molar-refractivity contribution < 1.29 is 4.79 Å². The second-order valence-corrected chi connectivity index (χ2v) is 4.51. The van der Waals surface area contributed by atoms with E-state index in [0.29, 0.717) is 13.0 Å². The lowest BCUT2D eigenvalue weighted by atomic mass is 10.2. The van der Waals surface area contributed by atoms with E-state index in [1.54, 1.807) is 10.9 Å². The number of nitrogens with one attached hydrogen (secondary N) is 3. The summed E-state index contributed by atoms with van der Waals surface area (Å²) in [5.74, 6) is -0.00197. The number of hydrogen-bond donors (Lipinski definition) is 3. The van der Waals surface area contributed by atoms with Crippen molar-refractivity contribution in [2.24, 2.45) is 7.05 Å². The van der Waals surface area contributed by atoms with Gasteiger partial charge in [-0.2, -0.15) is 5.10 Å². The summed E-state index contributed by atoms with van der Waals surface area (Å²) < 4.78 is 1.73. The van der Waals surface area contributed by atoms with Crippen LogP contribution in [-0.2, 0) is 11.8 Å². The van der Waals surface area contributed by atoms with E-state index in [0.717, 1.165) is 17.1 Å². The van der Waals surface area contributed by atoms with Crippen LogP contribution >= 0.6 is 0 Å². The molecular weight excluding hydrogens is 254 g/mol. The number of benzene rings is 1. The minimum absolute atomic E-state index is 0.00197. The van der Waals surface area contributed by atoms with Crippen LogP contribution in [0.5, 0.6) is 0 Å². The molecule has 6 heteroatoms. The molecule has 20 heavy (non-hydrogen) atoms. The van der Waals surface area contributed by atoms with Crippen LogP contribution in [0.25, 0.3) is 0 Å². The van der Waals surface area contributed by atoms with E-state index in [-0.39, 0.29) is 5.91 Å². The second-order valence-electron chi connectivity index (χ2n) is 4.51. The molecule has 0 saturated heterocycles. The summed E-state index contributed by atoms with van der Waals surface area (Å²) in [6.07, 6.45) is 4.09. The number of carbonyl (C=O) groups is 1. The Labute approximate surface area is 118 Å². The van der Waals surface area contributed by atoms with Crippen molar-refractivity contribution >= 4 is 23.0 Å². The normalized spacial score (nSPS) is 10.3. The third-order valence-corrected chi connectivity index (χ3v) is 2.74. The molecule has 2 aromatic rings. The number of rotatable bonds is 6. The highest BCUT2D eigenvalue weighted by Crippen LogP contribution is 2.19. The number of aromatic nitrogens is 2. The Morgan fingerprint density at radius 1 is 1.30 bits per heavy atom. The Kier molecular flexibility index (Phi) is 4.73. The summed E-state index contributed by atoms with van der Waals surface area (Å²) >= 11 is 0. The van der Waals surface area contributed by atoms with Gasteiger partial charge in [-0.1, -0.05) is 6.07 Å². The van der Waals surface area contributed by atoms with E-state index in [4.69, 9.17) is 0 Å². The van der Waals surface area contributed by atoms with Crippen LogP contribution in [0.4, 0.5) is 17.1 Å². The highest BCUT2D eigenvalue weighted by molar-refractivity contribution is 5.91. The Morgan fingerprint density at radius 3 is 2.80 bits per heavy atom. The van der Waals surface area contributed by atoms with Gasteiger partial charge in [-0.3, -0.25) is 9.48 Å². The molecule has 0 bridgehead atoms. The van der Waals surface area contributed by atoms with Crippen LogP contribution < -0.4 is 16.0 Å². The number of amides is 1. The molecule has 0 fully saturated rings. The first-order valence-electron chi connectivity index (χ1n) is 6.47. The number of anilines is 3. The van der Waals surface area contributed by atoms with Gasteiger partial charge in [0.1, 0.15) is 0 Å². The predicted octanol–water partition coefficient (Wildman–Crippen LogP) is 1.71. The van der Waals surface area contributed by atoms with Gasteiger partial charge in [0, 0.05) is 37.6 Å². The maximum atomic E-state index is 11.7. The number of nitrogens with zero attached hydrogens (tertiary/aromatic N) is 2. The molecule has 0 aliphatic heterocycles. The van der Waals surface area contributed by atoms with Gasteiger partial charge in [-0.25, -0.2) is 0 Å². The SMILES string of the molecule is CNCCC(=O)Nc1cccc(Nc2cnn(C)c2)c1. The van der Waals surface area contributed by atoms with Crippen molar-refractivity contribution in [3.63, 3.8) is 0 Å². The lowest BCUT2D eigenvalue weighted by Crippen LogP contribution is -2.18. The van der Waals surface area contributed by atoms with Crippen LogP contribution in [0.15, 0.2) is 36.7 Å². The molecule has 0 radical (unpaired) electrons. The fourth-order valence-electron chi connectivity index (χ4n) is 1.79. The molecule has 2 rings (SSSR count). The van der Waals surface area contributed by atoms with Gasteiger partial charge >= 0.3 is 0 Å². The quantitative estimate of drug-likeness (QED) is 0.749. The molecular formula is C14H19N5O. The molecule has 1 aromatic heterocycles. The van der Waals surface area contributed by atoms with Crippen molar-refractivity contribution in [1.29, 1.82) is 0 Å². The predicted molar refractivity (Wildman–Crippen MR) is 80.1 cm³/mol. The van der Waals surface area contributed by atoms with Crippen molar-refractivity contribution in [1.82, 2.24) is 15.1 Å². The zero-order chi connectivity index (χ0) is 14.4. The Morgan fingerprint density at radius 2 is 2.10 bits per heavy atom. The van der Waals surface area contributed by atoms with Crippen LogP contribution in [0.2, 0.25) is 0 Å². The van der Waals surface area contributed by atoms with E-state index in [1.807, 2.05) is 44.6 Å². The van der Waals surface area contributed by atoms with Crippen LogP contribution in [0, 0.1) is 0 Å². The van der Waals surface area contributed by atoms with Crippen LogP contribution in [-0.4, -0.2) is 29.3 Å². The molecule has 106 valence electrons. The van der Waals surface area contributed by atoms with Crippen molar-refractivity contribution in [3.8, 4) is 0 Å². The molecule has 3 N–H and O–H groups in total. The first-order valence-corrected chi connectivity index (χ1v) is 6.47. The largest absolute Gasteiger partial charge is 0.353 e. The number of hydrogen-bond acceptors (Lipinski definition) is 4. The minimum Gasteiger partial charge on any atom is -0.353 e. The standard InChI is InChI=1S/C14H19N5O/c1-15-7-6-14(20)18-12-5-3-4-11(8-12)17-13-9-16-19(2)10-13/h3-5,8-10,15,17H,6-7H2,1-2H3,(H,18,20). The molecule has 0 unspecified atom stereocenters. The summed E-state index contributed by atoms with van der Waals surface area (Å²) in [6, 6.07) is 7.60. The van der Waals surface area contributed by atoms with Crippen LogP contribution in [0.1, 0.15) is 6.42 Å². The van der Waals surface area contributed by atoms with Gasteiger partial charge in [0.05, 0.1) is 11.9 Å². The Hall–Kier alpha value is -2.34. The maximum absolute atomic E-state index is 11.7. The zero-order valence-electron chi connectivity index (χ0n) is 11.7.